The number of rotatable bonds is 4. The first-order valence-electron chi connectivity index (χ1n) is 11.5. The lowest BCUT2D eigenvalue weighted by Crippen LogP contribution is -2.41. The van der Waals surface area contributed by atoms with Crippen LogP contribution >= 0.6 is 0 Å². The average Bonchev–Trinajstić information content (AvgIpc) is 3.52. The highest BCUT2D eigenvalue weighted by atomic mass is 19.1. The van der Waals surface area contributed by atoms with Gasteiger partial charge in [0, 0.05) is 43.2 Å². The fourth-order valence-corrected chi connectivity index (χ4v) is 4.98. The van der Waals surface area contributed by atoms with Gasteiger partial charge in [0.1, 0.15) is 13.7 Å². The SMILES string of the molecule is [B]c1ccc(C(=O)Nc2cc(F)cc(N3CCO[C@H](C)C3)c2)c(N2CCC3(CC2)CC3)c1. The van der Waals surface area contributed by atoms with Gasteiger partial charge in [0.25, 0.3) is 5.91 Å². The maximum absolute atomic E-state index is 14.4. The van der Waals surface area contributed by atoms with Crippen LogP contribution in [0.3, 0.4) is 0 Å². The first kappa shape index (κ1) is 21.3. The second kappa shape index (κ2) is 8.43. The molecular formula is C25H29BFN3O2. The number of morpholine rings is 1. The van der Waals surface area contributed by atoms with E-state index in [0.717, 1.165) is 37.3 Å². The Morgan fingerprint density at radius 3 is 2.59 bits per heavy atom. The van der Waals surface area contributed by atoms with Gasteiger partial charge in [-0.3, -0.25) is 4.79 Å². The first-order valence-corrected chi connectivity index (χ1v) is 11.5. The van der Waals surface area contributed by atoms with Gasteiger partial charge >= 0.3 is 0 Å². The molecule has 5 rings (SSSR count). The summed E-state index contributed by atoms with van der Waals surface area (Å²) in [6.45, 7) is 5.86. The van der Waals surface area contributed by atoms with Crippen LogP contribution in [0.15, 0.2) is 36.4 Å². The van der Waals surface area contributed by atoms with E-state index in [0.29, 0.717) is 41.8 Å². The van der Waals surface area contributed by atoms with Gasteiger partial charge in [0.15, 0.2) is 0 Å². The third-order valence-electron chi connectivity index (χ3n) is 7.13. The van der Waals surface area contributed by atoms with E-state index in [4.69, 9.17) is 12.6 Å². The summed E-state index contributed by atoms with van der Waals surface area (Å²) >= 11 is 0. The van der Waals surface area contributed by atoms with Gasteiger partial charge in [0.05, 0.1) is 18.3 Å². The summed E-state index contributed by atoms with van der Waals surface area (Å²) in [4.78, 5) is 17.6. The number of nitrogens with zero attached hydrogens (tertiary/aromatic N) is 2. The Morgan fingerprint density at radius 1 is 1.09 bits per heavy atom. The Labute approximate surface area is 190 Å². The lowest BCUT2D eigenvalue weighted by molar-refractivity contribution is 0.0532. The summed E-state index contributed by atoms with van der Waals surface area (Å²) in [7, 11) is 6.06. The van der Waals surface area contributed by atoms with Crippen molar-refractivity contribution in [1.29, 1.82) is 0 Å². The van der Waals surface area contributed by atoms with Crippen LogP contribution in [-0.4, -0.2) is 52.6 Å². The summed E-state index contributed by atoms with van der Waals surface area (Å²) in [5, 5.41) is 2.91. The molecule has 3 fully saturated rings. The van der Waals surface area contributed by atoms with Gasteiger partial charge in [0.2, 0.25) is 0 Å². The Hall–Kier alpha value is -2.54. The van der Waals surface area contributed by atoms with Crippen molar-refractivity contribution in [2.75, 3.05) is 47.9 Å². The van der Waals surface area contributed by atoms with E-state index in [2.05, 4.69) is 15.1 Å². The van der Waals surface area contributed by atoms with Gasteiger partial charge < -0.3 is 19.9 Å². The number of halogens is 1. The Balaban J connectivity index is 1.36. The van der Waals surface area contributed by atoms with Crippen molar-refractivity contribution in [3.8, 4) is 0 Å². The predicted octanol–water partition coefficient (Wildman–Crippen LogP) is 3.48. The minimum Gasteiger partial charge on any atom is -0.375 e. The van der Waals surface area contributed by atoms with Crippen LogP contribution in [0.5, 0.6) is 0 Å². The normalized spacial score (nSPS) is 22.1. The standard InChI is InChI=1S/C25H29BFN3O2/c1-17-16-30(10-11-32-17)21-14-19(27)13-20(15-21)28-24(31)22-3-2-18(26)12-23(22)29-8-6-25(4-5-25)7-9-29/h2-3,12-15,17H,4-11,16H2,1H3,(H,28,31)/t17-/m1/s1. The van der Waals surface area contributed by atoms with E-state index in [-0.39, 0.29) is 17.8 Å². The lowest BCUT2D eigenvalue weighted by atomic mass is 9.90. The summed E-state index contributed by atoms with van der Waals surface area (Å²) in [5.41, 5.74) is 3.81. The number of hydrogen-bond donors (Lipinski definition) is 1. The number of anilines is 3. The van der Waals surface area contributed by atoms with Crippen LogP contribution < -0.4 is 20.6 Å². The molecule has 32 heavy (non-hydrogen) atoms. The number of benzene rings is 2. The summed E-state index contributed by atoms with van der Waals surface area (Å²) in [6, 6.07) is 10.1. The van der Waals surface area contributed by atoms with Crippen LogP contribution in [0.1, 0.15) is 43.0 Å². The molecule has 3 aliphatic rings. The second-order valence-electron chi connectivity index (χ2n) is 9.54. The van der Waals surface area contributed by atoms with E-state index in [9.17, 15) is 9.18 Å². The molecular weight excluding hydrogens is 404 g/mol. The maximum Gasteiger partial charge on any atom is 0.257 e. The van der Waals surface area contributed by atoms with Crippen LogP contribution in [0, 0.1) is 11.2 Å². The molecule has 1 saturated carbocycles. The molecule has 1 amide bonds. The Bertz CT molecular complexity index is 1020. The van der Waals surface area contributed by atoms with Crippen LogP contribution in [-0.2, 0) is 4.74 Å². The quantitative estimate of drug-likeness (QED) is 0.751. The first-order chi connectivity index (χ1) is 15.4. The molecule has 7 heteroatoms. The maximum atomic E-state index is 14.4. The summed E-state index contributed by atoms with van der Waals surface area (Å²) in [5.74, 6) is -0.626. The fourth-order valence-electron chi connectivity index (χ4n) is 4.98. The van der Waals surface area contributed by atoms with Gasteiger partial charge in [-0.25, -0.2) is 4.39 Å². The summed E-state index contributed by atoms with van der Waals surface area (Å²) < 4.78 is 20.0. The topological polar surface area (TPSA) is 44.8 Å². The molecule has 166 valence electrons. The fraction of sp³-hybridized carbons (Fsp3) is 0.480. The number of amides is 1. The molecule has 0 bridgehead atoms. The molecule has 5 nitrogen and oxygen atoms in total. The van der Waals surface area contributed by atoms with Crippen molar-refractivity contribution < 1.29 is 13.9 Å². The highest BCUT2D eigenvalue weighted by Gasteiger charge is 2.44. The number of hydrogen-bond acceptors (Lipinski definition) is 4. The second-order valence-corrected chi connectivity index (χ2v) is 9.54. The molecule has 1 aliphatic carbocycles. The van der Waals surface area contributed by atoms with Crippen molar-refractivity contribution in [2.45, 2.75) is 38.7 Å². The zero-order valence-corrected chi connectivity index (χ0v) is 18.6. The minimum absolute atomic E-state index is 0.0849. The lowest BCUT2D eigenvalue weighted by Gasteiger charge is -2.35. The predicted molar refractivity (Wildman–Crippen MR) is 127 cm³/mol. The van der Waals surface area contributed by atoms with Crippen molar-refractivity contribution in [2.24, 2.45) is 5.41 Å². The number of carbonyl (C=O) groups is 1. The molecule has 0 aromatic heterocycles. The van der Waals surface area contributed by atoms with Gasteiger partial charge in [-0.05, 0) is 68.4 Å². The van der Waals surface area contributed by atoms with E-state index in [1.807, 2.05) is 19.1 Å². The van der Waals surface area contributed by atoms with Gasteiger partial charge in [-0.15, -0.1) is 0 Å². The third-order valence-corrected chi connectivity index (χ3v) is 7.13. The highest BCUT2D eigenvalue weighted by Crippen LogP contribution is 2.54. The molecule has 1 N–H and O–H groups in total. The highest BCUT2D eigenvalue weighted by molar-refractivity contribution is 6.33. The van der Waals surface area contributed by atoms with Crippen molar-refractivity contribution in [3.63, 3.8) is 0 Å². The molecule has 2 heterocycles. The monoisotopic (exact) mass is 433 g/mol. The van der Waals surface area contributed by atoms with E-state index in [1.165, 1.54) is 25.0 Å². The van der Waals surface area contributed by atoms with Crippen molar-refractivity contribution in [3.05, 3.63) is 47.8 Å². The largest absolute Gasteiger partial charge is 0.375 e. The minimum atomic E-state index is -0.375. The van der Waals surface area contributed by atoms with E-state index >= 15 is 0 Å². The van der Waals surface area contributed by atoms with Crippen LogP contribution in [0.25, 0.3) is 0 Å². The van der Waals surface area contributed by atoms with Crippen molar-refractivity contribution in [1.82, 2.24) is 0 Å². The smallest absolute Gasteiger partial charge is 0.257 e. The molecule has 2 saturated heterocycles. The molecule has 2 radical (unpaired) electrons. The Morgan fingerprint density at radius 2 is 1.88 bits per heavy atom. The molecule has 2 aromatic rings. The van der Waals surface area contributed by atoms with Gasteiger partial charge in [-0.2, -0.15) is 0 Å². The number of carbonyl (C=O) groups excluding carboxylic acids is 1. The van der Waals surface area contributed by atoms with Crippen LogP contribution in [0.4, 0.5) is 21.5 Å². The van der Waals surface area contributed by atoms with Crippen molar-refractivity contribution >= 4 is 36.3 Å². The molecule has 2 aliphatic heterocycles. The molecule has 2 aromatic carbocycles. The molecule has 1 atom stereocenters. The zero-order valence-electron chi connectivity index (χ0n) is 18.6. The van der Waals surface area contributed by atoms with E-state index in [1.54, 1.807) is 12.1 Å². The number of ether oxygens (including phenoxy) is 1. The summed E-state index contributed by atoms with van der Waals surface area (Å²) in [6.07, 6.45) is 5.06. The van der Waals surface area contributed by atoms with E-state index < -0.39 is 0 Å². The third kappa shape index (κ3) is 4.49. The zero-order chi connectivity index (χ0) is 22.3. The van der Waals surface area contributed by atoms with Crippen LogP contribution in [0.2, 0.25) is 0 Å². The average molecular weight is 433 g/mol. The number of nitrogens with one attached hydrogen (secondary N) is 1. The van der Waals surface area contributed by atoms with Gasteiger partial charge in [-0.1, -0.05) is 11.5 Å². The molecule has 0 unspecified atom stereocenters. The molecule has 1 spiro atoms. The Kier molecular flexibility index (Phi) is 5.62. The number of piperidine rings is 1.